The zero-order chi connectivity index (χ0) is 14.1. The van der Waals surface area contributed by atoms with Gasteiger partial charge < -0.3 is 15.0 Å². The number of rotatable bonds is 5. The van der Waals surface area contributed by atoms with Gasteiger partial charge in [0.15, 0.2) is 0 Å². The van der Waals surface area contributed by atoms with E-state index in [0.29, 0.717) is 12.1 Å². The number of nitrogens with zero attached hydrogens (tertiary/aromatic N) is 2. The smallest absolute Gasteiger partial charge is 0.110 e. The first-order chi connectivity index (χ1) is 9.72. The fourth-order valence-electron chi connectivity index (χ4n) is 3.09. The van der Waals surface area contributed by atoms with Gasteiger partial charge in [0.25, 0.3) is 0 Å². The van der Waals surface area contributed by atoms with Crippen LogP contribution in [-0.2, 0) is 11.2 Å². The predicted molar refractivity (Wildman–Crippen MR) is 81.8 cm³/mol. The van der Waals surface area contributed by atoms with Crippen molar-refractivity contribution in [3.05, 3.63) is 24.0 Å². The van der Waals surface area contributed by atoms with Gasteiger partial charge in [0.1, 0.15) is 5.82 Å². The summed E-state index contributed by atoms with van der Waals surface area (Å²) in [4.78, 5) is 4.78. The van der Waals surface area contributed by atoms with E-state index in [2.05, 4.69) is 24.5 Å². The monoisotopic (exact) mass is 273 g/mol. The van der Waals surface area contributed by atoms with Crippen molar-refractivity contribution < 1.29 is 4.74 Å². The fraction of sp³-hybridized carbons (Fsp3) is 0.562. The number of benzene rings is 1. The maximum Gasteiger partial charge on any atom is 0.110 e. The van der Waals surface area contributed by atoms with Crippen LogP contribution in [0.2, 0.25) is 0 Å². The lowest BCUT2D eigenvalue weighted by atomic mass is 9.88. The Morgan fingerprint density at radius 1 is 1.35 bits per heavy atom. The summed E-state index contributed by atoms with van der Waals surface area (Å²) in [5.41, 5.74) is 8.89. The normalized spacial score (nSPS) is 22.1. The first kappa shape index (κ1) is 13.4. The third kappa shape index (κ3) is 2.29. The van der Waals surface area contributed by atoms with E-state index in [4.69, 9.17) is 15.5 Å². The van der Waals surface area contributed by atoms with Gasteiger partial charge in [-0.05, 0) is 44.4 Å². The Morgan fingerprint density at radius 3 is 2.85 bits per heavy atom. The molecule has 0 spiro atoms. The Balaban J connectivity index is 1.93. The summed E-state index contributed by atoms with van der Waals surface area (Å²) in [5, 5.41) is 0. The summed E-state index contributed by atoms with van der Waals surface area (Å²) in [5.74, 6) is 1.19. The molecule has 0 saturated heterocycles. The van der Waals surface area contributed by atoms with E-state index in [-0.39, 0.29) is 0 Å². The van der Waals surface area contributed by atoms with Gasteiger partial charge in [0.2, 0.25) is 0 Å². The zero-order valence-electron chi connectivity index (χ0n) is 12.3. The topological polar surface area (TPSA) is 53.1 Å². The van der Waals surface area contributed by atoms with E-state index in [0.717, 1.165) is 43.5 Å². The van der Waals surface area contributed by atoms with Crippen molar-refractivity contribution in [3.63, 3.8) is 0 Å². The summed E-state index contributed by atoms with van der Waals surface area (Å²) in [6.07, 6.45) is 4.75. The average Bonchev–Trinajstić information content (AvgIpc) is 2.71. The summed E-state index contributed by atoms with van der Waals surface area (Å²) >= 11 is 0. The number of imidazole rings is 1. The molecule has 108 valence electrons. The highest BCUT2D eigenvalue weighted by Gasteiger charge is 2.33. The molecule has 4 nitrogen and oxygen atoms in total. The molecule has 4 heteroatoms. The molecule has 3 rings (SSSR count). The SMILES string of the molecule is CCCc1nc2cc(N)ccc2n1C1CC(OCC)C1. The minimum absolute atomic E-state index is 0.422. The van der Waals surface area contributed by atoms with Crippen LogP contribution in [0.1, 0.15) is 45.0 Å². The molecule has 2 aromatic rings. The second-order valence-electron chi connectivity index (χ2n) is 5.60. The van der Waals surface area contributed by atoms with Gasteiger partial charge in [-0.1, -0.05) is 6.92 Å². The molecule has 0 bridgehead atoms. The summed E-state index contributed by atoms with van der Waals surface area (Å²) < 4.78 is 8.09. The number of anilines is 1. The van der Waals surface area contributed by atoms with Gasteiger partial charge in [-0.25, -0.2) is 4.98 Å². The van der Waals surface area contributed by atoms with Gasteiger partial charge in [0.05, 0.1) is 17.1 Å². The van der Waals surface area contributed by atoms with Gasteiger partial charge in [-0.15, -0.1) is 0 Å². The second-order valence-corrected chi connectivity index (χ2v) is 5.60. The molecule has 1 aliphatic carbocycles. The van der Waals surface area contributed by atoms with Crippen molar-refractivity contribution in [3.8, 4) is 0 Å². The van der Waals surface area contributed by atoms with Crippen molar-refractivity contribution >= 4 is 16.7 Å². The average molecular weight is 273 g/mol. The summed E-state index contributed by atoms with van der Waals surface area (Å²) in [6.45, 7) is 5.06. The molecular formula is C16H23N3O. The highest BCUT2D eigenvalue weighted by atomic mass is 16.5. The number of aromatic nitrogens is 2. The lowest BCUT2D eigenvalue weighted by molar-refractivity contribution is -0.0193. The van der Waals surface area contributed by atoms with Crippen LogP contribution in [0.3, 0.4) is 0 Å². The molecule has 1 aromatic carbocycles. The molecule has 1 aromatic heterocycles. The highest BCUT2D eigenvalue weighted by Crippen LogP contribution is 2.38. The van der Waals surface area contributed by atoms with E-state index >= 15 is 0 Å². The predicted octanol–water partition coefficient (Wildman–Crippen LogP) is 3.31. The molecule has 2 N–H and O–H groups in total. The van der Waals surface area contributed by atoms with E-state index in [1.54, 1.807) is 0 Å². The van der Waals surface area contributed by atoms with Crippen molar-refractivity contribution in [2.24, 2.45) is 0 Å². The van der Waals surface area contributed by atoms with Crippen LogP contribution in [0.4, 0.5) is 5.69 Å². The van der Waals surface area contributed by atoms with E-state index < -0.39 is 0 Å². The van der Waals surface area contributed by atoms with Crippen LogP contribution < -0.4 is 5.73 Å². The highest BCUT2D eigenvalue weighted by molar-refractivity contribution is 5.80. The number of ether oxygens (including phenoxy) is 1. The van der Waals surface area contributed by atoms with Gasteiger partial charge in [-0.3, -0.25) is 0 Å². The van der Waals surface area contributed by atoms with Crippen molar-refractivity contribution in [2.75, 3.05) is 12.3 Å². The molecule has 0 atom stereocenters. The van der Waals surface area contributed by atoms with Crippen LogP contribution in [0.5, 0.6) is 0 Å². The van der Waals surface area contributed by atoms with Gasteiger partial charge in [-0.2, -0.15) is 0 Å². The molecule has 0 radical (unpaired) electrons. The molecule has 1 heterocycles. The van der Waals surface area contributed by atoms with E-state index in [1.807, 2.05) is 12.1 Å². The van der Waals surface area contributed by atoms with Crippen LogP contribution in [-0.4, -0.2) is 22.3 Å². The molecule has 1 saturated carbocycles. The second kappa shape index (κ2) is 5.44. The first-order valence-electron chi connectivity index (χ1n) is 7.60. The van der Waals surface area contributed by atoms with E-state index in [1.165, 1.54) is 11.3 Å². The number of hydrogen-bond acceptors (Lipinski definition) is 3. The Bertz CT molecular complexity index is 599. The van der Waals surface area contributed by atoms with Crippen LogP contribution in [0.15, 0.2) is 18.2 Å². The first-order valence-corrected chi connectivity index (χ1v) is 7.60. The molecule has 20 heavy (non-hydrogen) atoms. The maximum absolute atomic E-state index is 5.87. The van der Waals surface area contributed by atoms with E-state index in [9.17, 15) is 0 Å². The lowest BCUT2D eigenvalue weighted by Crippen LogP contribution is -2.34. The minimum Gasteiger partial charge on any atom is -0.399 e. The Labute approximate surface area is 119 Å². The van der Waals surface area contributed by atoms with Crippen LogP contribution >= 0.6 is 0 Å². The maximum atomic E-state index is 5.87. The van der Waals surface area contributed by atoms with Crippen LogP contribution in [0.25, 0.3) is 11.0 Å². The Hall–Kier alpha value is -1.55. The Morgan fingerprint density at radius 2 is 2.15 bits per heavy atom. The standard InChI is InChI=1S/C16H23N3O/c1-3-5-16-18-14-8-11(17)6-7-15(14)19(16)12-9-13(10-12)20-4-2/h6-8,12-13H,3-5,9-10,17H2,1-2H3. The minimum atomic E-state index is 0.422. The molecule has 0 amide bonds. The number of hydrogen-bond donors (Lipinski definition) is 1. The number of nitrogen functional groups attached to an aromatic ring is 1. The van der Waals surface area contributed by atoms with Gasteiger partial charge in [0, 0.05) is 24.8 Å². The summed E-state index contributed by atoms with van der Waals surface area (Å²) in [6, 6.07) is 6.57. The van der Waals surface area contributed by atoms with Crippen molar-refractivity contribution in [2.45, 2.75) is 51.7 Å². The lowest BCUT2D eigenvalue weighted by Gasteiger charge is -2.37. The third-order valence-electron chi connectivity index (χ3n) is 4.10. The number of aryl methyl sites for hydroxylation is 1. The van der Waals surface area contributed by atoms with Crippen molar-refractivity contribution in [1.29, 1.82) is 0 Å². The van der Waals surface area contributed by atoms with Crippen molar-refractivity contribution in [1.82, 2.24) is 9.55 Å². The molecule has 0 aliphatic heterocycles. The number of nitrogens with two attached hydrogens (primary N) is 1. The third-order valence-corrected chi connectivity index (χ3v) is 4.10. The molecular weight excluding hydrogens is 250 g/mol. The number of fused-ring (bicyclic) bond motifs is 1. The fourth-order valence-corrected chi connectivity index (χ4v) is 3.09. The summed E-state index contributed by atoms with van der Waals surface area (Å²) in [7, 11) is 0. The van der Waals surface area contributed by atoms with Crippen LogP contribution in [0, 0.1) is 0 Å². The molecule has 1 fully saturated rings. The zero-order valence-corrected chi connectivity index (χ0v) is 12.3. The Kier molecular flexibility index (Phi) is 3.66. The van der Waals surface area contributed by atoms with Gasteiger partial charge >= 0.3 is 0 Å². The quantitative estimate of drug-likeness (QED) is 0.850. The largest absolute Gasteiger partial charge is 0.399 e. The molecule has 0 unspecified atom stereocenters. The molecule has 1 aliphatic rings.